The lowest BCUT2D eigenvalue weighted by Crippen LogP contribution is -2.36. The van der Waals surface area contributed by atoms with Crippen LogP contribution in [0, 0.1) is 5.92 Å². The van der Waals surface area contributed by atoms with Crippen LogP contribution in [0.2, 0.25) is 0 Å². The second-order valence-electron chi connectivity index (χ2n) is 6.39. The van der Waals surface area contributed by atoms with Gasteiger partial charge in [-0.15, -0.1) is 11.3 Å². The van der Waals surface area contributed by atoms with Gasteiger partial charge in [-0.1, -0.05) is 36.4 Å². The molecular formula is C20H25NO2S. The zero-order valence-electron chi connectivity index (χ0n) is 14.0. The van der Waals surface area contributed by atoms with E-state index in [1.165, 1.54) is 10.4 Å². The number of benzene rings is 1. The van der Waals surface area contributed by atoms with E-state index in [9.17, 15) is 4.79 Å². The van der Waals surface area contributed by atoms with E-state index in [0.29, 0.717) is 18.9 Å². The minimum atomic E-state index is 0.263. The van der Waals surface area contributed by atoms with Gasteiger partial charge in [0.25, 0.3) is 0 Å². The molecule has 0 saturated carbocycles. The van der Waals surface area contributed by atoms with Crippen LogP contribution in [0.5, 0.6) is 0 Å². The van der Waals surface area contributed by atoms with Crippen molar-refractivity contribution in [3.63, 3.8) is 0 Å². The molecule has 24 heavy (non-hydrogen) atoms. The van der Waals surface area contributed by atoms with Crippen molar-refractivity contribution < 1.29 is 9.53 Å². The summed E-state index contributed by atoms with van der Waals surface area (Å²) in [6, 6.07) is 14.5. The molecule has 1 fully saturated rings. The highest BCUT2D eigenvalue weighted by molar-refractivity contribution is 7.09. The fourth-order valence-electron chi connectivity index (χ4n) is 3.14. The highest BCUT2D eigenvalue weighted by Gasteiger charge is 2.21. The molecule has 4 heteroatoms. The fourth-order valence-corrected chi connectivity index (χ4v) is 3.85. The zero-order valence-corrected chi connectivity index (χ0v) is 14.8. The van der Waals surface area contributed by atoms with Gasteiger partial charge >= 0.3 is 0 Å². The van der Waals surface area contributed by atoms with Crippen molar-refractivity contribution in [2.24, 2.45) is 5.92 Å². The summed E-state index contributed by atoms with van der Waals surface area (Å²) in [5.74, 6) is 0.826. The number of rotatable bonds is 7. The number of nitrogens with zero attached hydrogens (tertiary/aromatic N) is 1. The molecular weight excluding hydrogens is 318 g/mol. The van der Waals surface area contributed by atoms with E-state index in [2.05, 4.69) is 28.5 Å². The Morgan fingerprint density at radius 3 is 2.62 bits per heavy atom. The summed E-state index contributed by atoms with van der Waals surface area (Å²) in [6.07, 6.45) is 3.55. The van der Waals surface area contributed by atoms with Crippen molar-refractivity contribution in [2.45, 2.75) is 32.2 Å². The largest absolute Gasteiger partial charge is 0.381 e. The molecule has 1 amide bonds. The molecule has 3 rings (SSSR count). The minimum Gasteiger partial charge on any atom is -0.381 e. The van der Waals surface area contributed by atoms with Crippen molar-refractivity contribution in [3.05, 3.63) is 58.3 Å². The van der Waals surface area contributed by atoms with Gasteiger partial charge in [0.15, 0.2) is 0 Å². The van der Waals surface area contributed by atoms with Gasteiger partial charge in [-0.2, -0.15) is 0 Å². The third-order valence-electron chi connectivity index (χ3n) is 4.55. The molecule has 2 heterocycles. The van der Waals surface area contributed by atoms with E-state index in [1.807, 2.05) is 24.3 Å². The Kier molecular flexibility index (Phi) is 6.44. The van der Waals surface area contributed by atoms with Crippen LogP contribution in [0.3, 0.4) is 0 Å². The second-order valence-corrected chi connectivity index (χ2v) is 7.43. The van der Waals surface area contributed by atoms with Crippen molar-refractivity contribution in [3.8, 4) is 0 Å². The molecule has 1 saturated heterocycles. The van der Waals surface area contributed by atoms with Gasteiger partial charge in [0.05, 0.1) is 0 Å². The van der Waals surface area contributed by atoms with Crippen LogP contribution in [0.4, 0.5) is 0 Å². The lowest BCUT2D eigenvalue weighted by atomic mass is 9.99. The van der Waals surface area contributed by atoms with E-state index in [0.717, 1.165) is 39.0 Å². The Bertz CT molecular complexity index is 606. The SMILES string of the molecule is O=C(CCc1cccs1)N(Cc1ccccc1)CC1CCOCC1. The van der Waals surface area contributed by atoms with Crippen LogP contribution in [-0.4, -0.2) is 30.6 Å². The number of amides is 1. The van der Waals surface area contributed by atoms with Gasteiger partial charge in [0.2, 0.25) is 5.91 Å². The standard InChI is InChI=1S/C20H25NO2S/c22-20(9-8-19-7-4-14-24-19)21(15-17-5-2-1-3-6-17)16-18-10-12-23-13-11-18/h1-7,14,18H,8-13,15-16H2. The molecule has 128 valence electrons. The Labute approximate surface area is 148 Å². The first kappa shape index (κ1) is 17.2. The molecule has 0 unspecified atom stereocenters. The van der Waals surface area contributed by atoms with Gasteiger partial charge in [-0.3, -0.25) is 4.79 Å². The monoisotopic (exact) mass is 343 g/mol. The van der Waals surface area contributed by atoms with E-state index < -0.39 is 0 Å². The number of aryl methyl sites for hydroxylation is 1. The topological polar surface area (TPSA) is 29.5 Å². The average molecular weight is 343 g/mol. The Morgan fingerprint density at radius 2 is 1.92 bits per heavy atom. The minimum absolute atomic E-state index is 0.263. The molecule has 0 N–H and O–H groups in total. The Hall–Kier alpha value is -1.65. The molecule has 1 aromatic carbocycles. The summed E-state index contributed by atoms with van der Waals surface area (Å²) < 4.78 is 5.45. The quantitative estimate of drug-likeness (QED) is 0.756. The molecule has 0 spiro atoms. The van der Waals surface area contributed by atoms with Crippen molar-refractivity contribution in [1.82, 2.24) is 4.90 Å². The molecule has 1 aromatic heterocycles. The molecule has 0 radical (unpaired) electrons. The number of thiophene rings is 1. The highest BCUT2D eigenvalue weighted by atomic mass is 32.1. The lowest BCUT2D eigenvalue weighted by molar-refractivity contribution is -0.133. The summed E-state index contributed by atoms with van der Waals surface area (Å²) >= 11 is 1.73. The maximum Gasteiger partial charge on any atom is 0.223 e. The number of hydrogen-bond acceptors (Lipinski definition) is 3. The summed E-state index contributed by atoms with van der Waals surface area (Å²) in [4.78, 5) is 16.2. The highest BCUT2D eigenvalue weighted by Crippen LogP contribution is 2.19. The van der Waals surface area contributed by atoms with Crippen molar-refractivity contribution in [2.75, 3.05) is 19.8 Å². The molecule has 3 nitrogen and oxygen atoms in total. The first-order valence-corrected chi connectivity index (χ1v) is 9.61. The van der Waals surface area contributed by atoms with Crippen LogP contribution in [0.15, 0.2) is 47.8 Å². The molecule has 0 atom stereocenters. The average Bonchev–Trinajstić information content (AvgIpc) is 3.14. The fraction of sp³-hybridized carbons (Fsp3) is 0.450. The van der Waals surface area contributed by atoms with Crippen LogP contribution >= 0.6 is 11.3 Å². The van der Waals surface area contributed by atoms with Crippen molar-refractivity contribution >= 4 is 17.2 Å². The number of hydrogen-bond donors (Lipinski definition) is 0. The van der Waals surface area contributed by atoms with Crippen LogP contribution in [0.1, 0.15) is 29.7 Å². The molecule has 1 aliphatic rings. The maximum absolute atomic E-state index is 12.8. The second kappa shape index (κ2) is 9.00. The van der Waals surface area contributed by atoms with Crippen LogP contribution < -0.4 is 0 Å². The predicted molar refractivity (Wildman–Crippen MR) is 98.0 cm³/mol. The van der Waals surface area contributed by atoms with Crippen LogP contribution in [-0.2, 0) is 22.5 Å². The molecule has 1 aliphatic heterocycles. The maximum atomic E-state index is 12.8. The summed E-state index contributed by atoms with van der Waals surface area (Å²) in [6.45, 7) is 3.21. The number of ether oxygens (including phenoxy) is 1. The molecule has 0 bridgehead atoms. The zero-order chi connectivity index (χ0) is 16.6. The first-order valence-electron chi connectivity index (χ1n) is 8.73. The van der Waals surface area contributed by atoms with Crippen LogP contribution in [0.25, 0.3) is 0 Å². The molecule has 2 aromatic rings. The number of carbonyl (C=O) groups excluding carboxylic acids is 1. The normalized spacial score (nSPS) is 15.3. The lowest BCUT2D eigenvalue weighted by Gasteiger charge is -2.30. The summed E-state index contributed by atoms with van der Waals surface area (Å²) in [5.41, 5.74) is 1.20. The van der Waals surface area contributed by atoms with Gasteiger partial charge in [0, 0.05) is 37.6 Å². The van der Waals surface area contributed by atoms with Crippen molar-refractivity contribution in [1.29, 1.82) is 0 Å². The third-order valence-corrected chi connectivity index (χ3v) is 5.49. The van der Waals surface area contributed by atoms with Gasteiger partial charge in [-0.05, 0) is 42.2 Å². The summed E-state index contributed by atoms with van der Waals surface area (Å²) in [7, 11) is 0. The van der Waals surface area contributed by atoms with Gasteiger partial charge in [0.1, 0.15) is 0 Å². The predicted octanol–water partition coefficient (Wildman–Crippen LogP) is 4.14. The van der Waals surface area contributed by atoms with E-state index in [1.54, 1.807) is 11.3 Å². The summed E-state index contributed by atoms with van der Waals surface area (Å²) in [5, 5.41) is 2.07. The van der Waals surface area contributed by atoms with E-state index >= 15 is 0 Å². The molecule has 0 aliphatic carbocycles. The van der Waals surface area contributed by atoms with Gasteiger partial charge < -0.3 is 9.64 Å². The van der Waals surface area contributed by atoms with Gasteiger partial charge in [-0.25, -0.2) is 0 Å². The third kappa shape index (κ3) is 5.18. The Morgan fingerprint density at radius 1 is 1.12 bits per heavy atom. The smallest absolute Gasteiger partial charge is 0.223 e. The van der Waals surface area contributed by atoms with E-state index in [4.69, 9.17) is 4.74 Å². The Balaban J connectivity index is 1.61. The number of carbonyl (C=O) groups is 1. The first-order chi connectivity index (χ1) is 11.8. The van der Waals surface area contributed by atoms with E-state index in [-0.39, 0.29) is 5.91 Å².